The Balaban J connectivity index is 1.77. The monoisotopic (exact) mass is 352 g/mol. The highest BCUT2D eigenvalue weighted by atomic mass is 16.5. The average molecular weight is 352 g/mol. The summed E-state index contributed by atoms with van der Waals surface area (Å²) in [5.74, 6) is 0.275. The van der Waals surface area contributed by atoms with Crippen LogP contribution in [-0.2, 0) is 4.79 Å². The summed E-state index contributed by atoms with van der Waals surface area (Å²) < 4.78 is 5.30. The fourth-order valence-electron chi connectivity index (χ4n) is 2.85. The first-order chi connectivity index (χ1) is 12.5. The number of carbonyl (C=O) groups excluding carboxylic acids is 2. The highest BCUT2D eigenvalue weighted by Gasteiger charge is 2.31. The summed E-state index contributed by atoms with van der Waals surface area (Å²) in [7, 11) is 1.57. The molecule has 7 nitrogen and oxygen atoms in total. The maximum absolute atomic E-state index is 12.6. The Morgan fingerprint density at radius 3 is 2.88 bits per heavy atom. The van der Waals surface area contributed by atoms with E-state index in [1.54, 1.807) is 19.2 Å². The third kappa shape index (κ3) is 3.86. The SMILES string of the molecule is C=C(C#N)NC(=O)C(CC1CC1)NC(=O)c1cc2c(OC)cccc2[nH]1. The second kappa shape index (κ2) is 7.31. The molecule has 0 saturated heterocycles. The number of hydrogen-bond acceptors (Lipinski definition) is 4. The molecule has 0 spiro atoms. The van der Waals surface area contributed by atoms with Gasteiger partial charge in [-0.25, -0.2) is 0 Å². The lowest BCUT2D eigenvalue weighted by atomic mass is 10.1. The number of rotatable bonds is 7. The molecule has 0 bridgehead atoms. The summed E-state index contributed by atoms with van der Waals surface area (Å²) in [6.07, 6.45) is 2.63. The molecule has 0 radical (unpaired) electrons. The zero-order valence-electron chi connectivity index (χ0n) is 14.5. The van der Waals surface area contributed by atoms with Gasteiger partial charge in [0, 0.05) is 10.9 Å². The standard InChI is InChI=1S/C19H20N4O3/c1-11(10-20)21-18(24)15(8-12-6-7-12)23-19(25)16-9-13-14(22-16)4-3-5-17(13)26-2/h3-5,9,12,15,22H,1,6-8H2,2H3,(H,21,24)(H,23,25). The number of nitrogens with zero attached hydrogens (tertiary/aromatic N) is 1. The Hall–Kier alpha value is -3.27. The zero-order valence-corrected chi connectivity index (χ0v) is 14.5. The number of aromatic amines is 1. The van der Waals surface area contributed by atoms with Crippen LogP contribution in [0.15, 0.2) is 36.5 Å². The van der Waals surface area contributed by atoms with Gasteiger partial charge in [0.25, 0.3) is 5.91 Å². The summed E-state index contributed by atoms with van der Waals surface area (Å²) in [6.45, 7) is 3.45. The second-order valence-corrected chi connectivity index (χ2v) is 6.39. The molecule has 1 aromatic heterocycles. The first-order valence-electron chi connectivity index (χ1n) is 8.38. The molecular formula is C19H20N4O3. The number of hydrogen-bond donors (Lipinski definition) is 3. The molecule has 134 valence electrons. The van der Waals surface area contributed by atoms with Crippen LogP contribution in [0.5, 0.6) is 5.75 Å². The van der Waals surface area contributed by atoms with E-state index in [0.29, 0.717) is 23.8 Å². The predicted molar refractivity (Wildman–Crippen MR) is 96.3 cm³/mol. The van der Waals surface area contributed by atoms with Crippen LogP contribution >= 0.6 is 0 Å². The second-order valence-electron chi connectivity index (χ2n) is 6.39. The Labute approximate surface area is 151 Å². The van der Waals surface area contributed by atoms with Crippen molar-refractivity contribution in [3.8, 4) is 11.8 Å². The number of ether oxygens (including phenoxy) is 1. The van der Waals surface area contributed by atoms with Gasteiger partial charge in [-0.15, -0.1) is 0 Å². The molecule has 1 fully saturated rings. The quantitative estimate of drug-likeness (QED) is 0.664. The predicted octanol–water partition coefficient (Wildman–Crippen LogP) is 2.23. The molecule has 2 aromatic rings. The molecule has 26 heavy (non-hydrogen) atoms. The topological polar surface area (TPSA) is 107 Å². The summed E-state index contributed by atoms with van der Waals surface area (Å²) in [6, 6.07) is 8.25. The average Bonchev–Trinajstić information content (AvgIpc) is 3.34. The molecule has 1 aromatic carbocycles. The zero-order chi connectivity index (χ0) is 18.7. The van der Waals surface area contributed by atoms with Crippen molar-refractivity contribution < 1.29 is 14.3 Å². The number of H-pyrrole nitrogens is 1. The third-order valence-corrected chi connectivity index (χ3v) is 4.39. The van der Waals surface area contributed by atoms with Crippen molar-refractivity contribution in [2.45, 2.75) is 25.3 Å². The van der Waals surface area contributed by atoms with Gasteiger partial charge in [0.05, 0.1) is 7.11 Å². The molecule has 0 aliphatic heterocycles. The molecule has 1 aliphatic rings. The van der Waals surface area contributed by atoms with Gasteiger partial charge in [-0.05, 0) is 30.5 Å². The van der Waals surface area contributed by atoms with Crippen molar-refractivity contribution in [2.24, 2.45) is 5.92 Å². The molecule has 1 aliphatic carbocycles. The number of nitrogens with one attached hydrogen (secondary N) is 3. The van der Waals surface area contributed by atoms with Crippen LogP contribution in [0.2, 0.25) is 0 Å². The maximum atomic E-state index is 12.6. The molecule has 3 rings (SSSR count). The summed E-state index contributed by atoms with van der Waals surface area (Å²) in [5, 5.41) is 14.8. The number of methoxy groups -OCH3 is 1. The Bertz CT molecular complexity index is 905. The fourth-order valence-corrected chi connectivity index (χ4v) is 2.85. The lowest BCUT2D eigenvalue weighted by Crippen LogP contribution is -2.46. The first kappa shape index (κ1) is 17.5. The molecule has 7 heteroatoms. The van der Waals surface area contributed by atoms with Gasteiger partial charge in [0.2, 0.25) is 5.91 Å². The minimum Gasteiger partial charge on any atom is -0.496 e. The van der Waals surface area contributed by atoms with Crippen LogP contribution in [0, 0.1) is 17.2 Å². The molecule has 1 heterocycles. The van der Waals surface area contributed by atoms with E-state index in [9.17, 15) is 9.59 Å². The van der Waals surface area contributed by atoms with Crippen LogP contribution in [-0.4, -0.2) is 29.9 Å². The van der Waals surface area contributed by atoms with E-state index in [4.69, 9.17) is 10.00 Å². The number of aromatic nitrogens is 1. The summed E-state index contributed by atoms with van der Waals surface area (Å²) in [4.78, 5) is 28.0. The number of allylic oxidation sites excluding steroid dienone is 1. The lowest BCUT2D eigenvalue weighted by molar-refractivity contribution is -0.122. The summed E-state index contributed by atoms with van der Waals surface area (Å²) in [5.41, 5.74) is 1.08. The molecule has 3 N–H and O–H groups in total. The van der Waals surface area contributed by atoms with Gasteiger partial charge >= 0.3 is 0 Å². The number of nitriles is 1. The normalized spacial score (nSPS) is 14.3. The lowest BCUT2D eigenvalue weighted by Gasteiger charge is -2.17. The van der Waals surface area contributed by atoms with Crippen LogP contribution in [0.25, 0.3) is 10.9 Å². The summed E-state index contributed by atoms with van der Waals surface area (Å²) >= 11 is 0. The van der Waals surface area contributed by atoms with E-state index < -0.39 is 11.9 Å². The van der Waals surface area contributed by atoms with E-state index >= 15 is 0 Å². The van der Waals surface area contributed by atoms with E-state index in [1.165, 1.54) is 0 Å². The van der Waals surface area contributed by atoms with Crippen molar-refractivity contribution >= 4 is 22.7 Å². The molecule has 1 saturated carbocycles. The van der Waals surface area contributed by atoms with Crippen molar-refractivity contribution in [1.29, 1.82) is 5.26 Å². The Kier molecular flexibility index (Phi) is 4.94. The van der Waals surface area contributed by atoms with Crippen LogP contribution in [0.4, 0.5) is 0 Å². The number of benzene rings is 1. The minimum absolute atomic E-state index is 0.0413. The van der Waals surface area contributed by atoms with Crippen LogP contribution in [0.3, 0.4) is 0 Å². The number of carbonyl (C=O) groups is 2. The van der Waals surface area contributed by atoms with Crippen LogP contribution < -0.4 is 15.4 Å². The van der Waals surface area contributed by atoms with E-state index in [1.807, 2.05) is 18.2 Å². The molecule has 1 unspecified atom stereocenters. The highest BCUT2D eigenvalue weighted by Crippen LogP contribution is 2.33. The van der Waals surface area contributed by atoms with E-state index in [-0.39, 0.29) is 11.6 Å². The number of fused-ring (bicyclic) bond motifs is 1. The molecule has 1 atom stereocenters. The Morgan fingerprint density at radius 1 is 1.46 bits per heavy atom. The van der Waals surface area contributed by atoms with Crippen molar-refractivity contribution in [3.05, 3.63) is 42.2 Å². The molecular weight excluding hydrogens is 332 g/mol. The number of amides is 2. The van der Waals surface area contributed by atoms with Gasteiger partial charge in [0.15, 0.2) is 0 Å². The fraction of sp³-hybridized carbons (Fsp3) is 0.316. The smallest absolute Gasteiger partial charge is 0.268 e. The van der Waals surface area contributed by atoms with Crippen molar-refractivity contribution in [2.75, 3.05) is 7.11 Å². The van der Waals surface area contributed by atoms with Gasteiger partial charge < -0.3 is 20.4 Å². The van der Waals surface area contributed by atoms with E-state index in [0.717, 1.165) is 23.7 Å². The molecule has 2 amide bonds. The van der Waals surface area contributed by atoms with Crippen LogP contribution in [0.1, 0.15) is 29.8 Å². The van der Waals surface area contributed by atoms with Gasteiger partial charge in [0.1, 0.15) is 29.3 Å². The highest BCUT2D eigenvalue weighted by molar-refractivity contribution is 6.01. The van der Waals surface area contributed by atoms with Gasteiger partial charge in [-0.3, -0.25) is 9.59 Å². The van der Waals surface area contributed by atoms with Gasteiger partial charge in [-0.2, -0.15) is 5.26 Å². The van der Waals surface area contributed by atoms with Crippen molar-refractivity contribution in [3.63, 3.8) is 0 Å². The van der Waals surface area contributed by atoms with Crippen molar-refractivity contribution in [1.82, 2.24) is 15.6 Å². The van der Waals surface area contributed by atoms with E-state index in [2.05, 4.69) is 22.2 Å². The first-order valence-corrected chi connectivity index (χ1v) is 8.38. The third-order valence-electron chi connectivity index (χ3n) is 4.39. The Morgan fingerprint density at radius 2 is 2.23 bits per heavy atom. The maximum Gasteiger partial charge on any atom is 0.268 e. The van der Waals surface area contributed by atoms with Gasteiger partial charge in [-0.1, -0.05) is 25.5 Å². The largest absolute Gasteiger partial charge is 0.496 e. The minimum atomic E-state index is -0.714.